The van der Waals surface area contributed by atoms with E-state index >= 15 is 0 Å². The fraction of sp³-hybridized carbons (Fsp3) is 0.250. The van der Waals surface area contributed by atoms with Crippen molar-refractivity contribution in [3.05, 3.63) is 117 Å². The molecule has 0 aliphatic heterocycles. The zero-order valence-corrected chi connectivity index (χ0v) is 25.6. The van der Waals surface area contributed by atoms with Crippen LogP contribution in [-0.4, -0.2) is 27.3 Å². The smallest absolute Gasteiger partial charge is 0.413 e. The highest BCUT2D eigenvalue weighted by atomic mass is 35.5. The Hall–Kier alpha value is -2.93. The van der Waals surface area contributed by atoms with Crippen molar-refractivity contribution in [3.8, 4) is 0 Å². The maximum Gasteiger partial charge on any atom is 0.449 e. The van der Waals surface area contributed by atoms with Gasteiger partial charge in [-0.1, -0.05) is 71.7 Å². The van der Waals surface area contributed by atoms with E-state index in [-0.39, 0.29) is 14.1 Å². The lowest BCUT2D eigenvalue weighted by Gasteiger charge is -2.21. The molecule has 0 spiro atoms. The minimum absolute atomic E-state index is 0.331. The van der Waals surface area contributed by atoms with Gasteiger partial charge in [0.25, 0.3) is 0 Å². The first kappa shape index (κ1) is 31.0. The predicted molar refractivity (Wildman–Crippen MR) is 175 cm³/mol. The minimum Gasteiger partial charge on any atom is -0.413 e. The Morgan fingerprint density at radius 1 is 0.610 bits per heavy atom. The fourth-order valence-corrected chi connectivity index (χ4v) is 4.87. The van der Waals surface area contributed by atoms with Gasteiger partial charge in [-0.25, -0.2) is 0 Å². The van der Waals surface area contributed by atoms with E-state index in [1.54, 1.807) is 0 Å². The molecule has 212 valence electrons. The lowest BCUT2D eigenvalue weighted by molar-refractivity contribution is 0.108. The number of hydrogen-bond donors (Lipinski definition) is 2. The Kier molecular flexibility index (Phi) is 11.6. The van der Waals surface area contributed by atoms with E-state index in [1.165, 1.54) is 0 Å². The zero-order chi connectivity index (χ0) is 29.2. The fourth-order valence-electron chi connectivity index (χ4n) is 4.64. The van der Waals surface area contributed by atoms with Crippen LogP contribution in [0.4, 0.5) is 11.4 Å². The Balaban J connectivity index is 1.49. The van der Waals surface area contributed by atoms with Crippen molar-refractivity contribution in [1.82, 2.24) is 0 Å². The standard InChI is InChI=1S/C32H36B2Cl2N2O3/c1-5-40-33(37-27-15-17-31(35)23(3)19-27)29-13-9-7-11-25(29)21-39-22-26-12-8-10-14-30(26)34(41-6-2)38-28-16-18-32(36)24(4)20-28/h7-20,37-38H,5-6,21-22H2,1-4H3. The zero-order valence-electron chi connectivity index (χ0n) is 24.0. The molecule has 0 unspecified atom stereocenters. The van der Waals surface area contributed by atoms with Gasteiger partial charge in [0.15, 0.2) is 0 Å². The summed E-state index contributed by atoms with van der Waals surface area (Å²) in [5.74, 6) is 0. The van der Waals surface area contributed by atoms with E-state index in [1.807, 2.05) is 88.4 Å². The third kappa shape index (κ3) is 8.54. The predicted octanol–water partition coefficient (Wildman–Crippen LogP) is 7.01. The number of nitrogens with one attached hydrogen (secondary N) is 2. The highest BCUT2D eigenvalue weighted by molar-refractivity contribution is 6.71. The van der Waals surface area contributed by atoms with Gasteiger partial charge in [-0.3, -0.25) is 0 Å². The van der Waals surface area contributed by atoms with Crippen molar-refractivity contribution in [2.45, 2.75) is 40.9 Å². The van der Waals surface area contributed by atoms with Crippen molar-refractivity contribution >= 4 is 59.6 Å². The molecule has 2 N–H and O–H groups in total. The van der Waals surface area contributed by atoms with Gasteiger partial charge in [0, 0.05) is 34.6 Å². The average Bonchev–Trinajstić information content (AvgIpc) is 2.97. The summed E-state index contributed by atoms with van der Waals surface area (Å²) in [6, 6.07) is 28.2. The van der Waals surface area contributed by atoms with Crippen LogP contribution < -0.4 is 21.4 Å². The Labute approximate surface area is 254 Å². The van der Waals surface area contributed by atoms with Crippen LogP contribution in [0.15, 0.2) is 84.9 Å². The minimum atomic E-state index is -0.331. The highest BCUT2D eigenvalue weighted by Crippen LogP contribution is 2.21. The van der Waals surface area contributed by atoms with Gasteiger partial charge in [-0.2, -0.15) is 0 Å². The molecule has 0 aliphatic carbocycles. The molecule has 0 radical (unpaired) electrons. The number of halogens is 2. The van der Waals surface area contributed by atoms with E-state index < -0.39 is 0 Å². The Morgan fingerprint density at radius 2 is 1.02 bits per heavy atom. The first-order valence-electron chi connectivity index (χ1n) is 13.9. The molecule has 0 aromatic heterocycles. The molecular weight excluding hydrogens is 553 g/mol. The molecule has 0 aliphatic rings. The van der Waals surface area contributed by atoms with Gasteiger partial charge in [0.05, 0.1) is 13.2 Å². The summed E-state index contributed by atoms with van der Waals surface area (Å²) in [5, 5.41) is 8.50. The third-order valence-electron chi connectivity index (χ3n) is 6.77. The lowest BCUT2D eigenvalue weighted by Crippen LogP contribution is -2.44. The quantitative estimate of drug-likeness (QED) is 0.155. The summed E-state index contributed by atoms with van der Waals surface area (Å²) in [6.07, 6.45) is 0. The van der Waals surface area contributed by atoms with Crippen LogP contribution in [0.1, 0.15) is 36.1 Å². The van der Waals surface area contributed by atoms with Gasteiger partial charge in [-0.05, 0) is 97.3 Å². The van der Waals surface area contributed by atoms with Gasteiger partial charge in [0.2, 0.25) is 0 Å². The second kappa shape index (κ2) is 15.3. The molecule has 0 amide bonds. The first-order chi connectivity index (χ1) is 19.9. The molecule has 0 saturated heterocycles. The second-order valence-electron chi connectivity index (χ2n) is 9.78. The van der Waals surface area contributed by atoms with Gasteiger partial charge < -0.3 is 24.5 Å². The first-order valence-corrected chi connectivity index (χ1v) is 14.7. The molecule has 0 bridgehead atoms. The van der Waals surface area contributed by atoms with Crippen LogP contribution >= 0.6 is 23.2 Å². The van der Waals surface area contributed by atoms with Gasteiger partial charge in [-0.15, -0.1) is 0 Å². The number of aryl methyl sites for hydroxylation is 2. The Bertz CT molecular complexity index is 1330. The third-order valence-corrected chi connectivity index (χ3v) is 7.62. The van der Waals surface area contributed by atoms with E-state index in [2.05, 4.69) is 34.7 Å². The summed E-state index contributed by atoms with van der Waals surface area (Å²) in [4.78, 5) is 0. The maximum atomic E-state index is 6.31. The molecule has 0 heterocycles. The average molecular weight is 589 g/mol. The van der Waals surface area contributed by atoms with Gasteiger partial charge >= 0.3 is 14.1 Å². The van der Waals surface area contributed by atoms with Crippen LogP contribution in [0.2, 0.25) is 10.0 Å². The van der Waals surface area contributed by atoms with E-state index in [4.69, 9.17) is 37.2 Å². The van der Waals surface area contributed by atoms with Gasteiger partial charge in [0.1, 0.15) is 0 Å². The molecule has 41 heavy (non-hydrogen) atoms. The molecule has 0 saturated carbocycles. The van der Waals surface area contributed by atoms with Crippen molar-refractivity contribution in [2.75, 3.05) is 23.7 Å². The summed E-state index contributed by atoms with van der Waals surface area (Å²) in [7, 11) is -0.663. The topological polar surface area (TPSA) is 51.8 Å². The summed E-state index contributed by atoms with van der Waals surface area (Å²) in [6.45, 7) is 9.95. The van der Waals surface area contributed by atoms with Crippen LogP contribution in [0.5, 0.6) is 0 Å². The van der Waals surface area contributed by atoms with Crippen LogP contribution in [0.25, 0.3) is 0 Å². The molecule has 5 nitrogen and oxygen atoms in total. The van der Waals surface area contributed by atoms with Crippen molar-refractivity contribution in [2.24, 2.45) is 0 Å². The number of anilines is 2. The SMILES string of the molecule is CCOB(Nc1ccc(Cl)c(C)c1)c1ccccc1COCc1ccccc1B(Nc1ccc(Cl)c(C)c1)OCC. The van der Waals surface area contributed by atoms with Crippen LogP contribution in [0.3, 0.4) is 0 Å². The van der Waals surface area contributed by atoms with Crippen molar-refractivity contribution < 1.29 is 14.0 Å². The van der Waals surface area contributed by atoms with Crippen LogP contribution in [-0.2, 0) is 27.3 Å². The molecule has 0 atom stereocenters. The summed E-state index contributed by atoms with van der Waals surface area (Å²) >= 11 is 12.5. The largest absolute Gasteiger partial charge is 0.449 e. The normalized spacial score (nSPS) is 10.9. The van der Waals surface area contributed by atoms with Crippen LogP contribution in [0, 0.1) is 13.8 Å². The number of rotatable bonds is 14. The number of hydrogen-bond acceptors (Lipinski definition) is 5. The molecular formula is C32H36B2Cl2N2O3. The molecule has 4 rings (SSSR count). The second-order valence-corrected chi connectivity index (χ2v) is 10.6. The number of ether oxygens (including phenoxy) is 1. The van der Waals surface area contributed by atoms with Crippen molar-refractivity contribution in [1.29, 1.82) is 0 Å². The molecule has 0 fully saturated rings. The maximum absolute atomic E-state index is 6.31. The highest BCUT2D eigenvalue weighted by Gasteiger charge is 2.25. The molecule has 4 aromatic rings. The monoisotopic (exact) mass is 588 g/mol. The number of benzene rings is 4. The van der Waals surface area contributed by atoms with E-state index in [9.17, 15) is 0 Å². The lowest BCUT2D eigenvalue weighted by atomic mass is 9.70. The van der Waals surface area contributed by atoms with E-state index in [0.29, 0.717) is 26.4 Å². The van der Waals surface area contributed by atoms with E-state index in [0.717, 1.165) is 54.6 Å². The molecule has 4 aromatic carbocycles. The Morgan fingerprint density at radius 3 is 1.41 bits per heavy atom. The van der Waals surface area contributed by atoms with Crippen molar-refractivity contribution in [3.63, 3.8) is 0 Å². The summed E-state index contributed by atoms with van der Waals surface area (Å²) in [5.41, 5.74) is 8.07. The molecule has 9 heteroatoms. The summed E-state index contributed by atoms with van der Waals surface area (Å²) < 4.78 is 18.6.